The van der Waals surface area contributed by atoms with Gasteiger partial charge in [-0.1, -0.05) is 18.2 Å². The van der Waals surface area contributed by atoms with Crippen LogP contribution in [0, 0.1) is 6.92 Å². The second kappa shape index (κ2) is 5.69. The van der Waals surface area contributed by atoms with Gasteiger partial charge in [0.05, 0.1) is 18.8 Å². The first kappa shape index (κ1) is 13.8. The van der Waals surface area contributed by atoms with Gasteiger partial charge in [-0.25, -0.2) is 4.98 Å². The number of hydrogen-bond acceptors (Lipinski definition) is 3. The summed E-state index contributed by atoms with van der Waals surface area (Å²) in [4.78, 5) is 18.9. The average molecular weight is 285 g/mol. The number of carbonyl (C=O) groups excluding carboxylic acids is 1. The Balaban J connectivity index is 1.77. The maximum absolute atomic E-state index is 12.5. The van der Waals surface area contributed by atoms with Crippen LogP contribution in [0.25, 0.3) is 0 Å². The van der Waals surface area contributed by atoms with E-state index in [0.717, 1.165) is 11.5 Å². The number of imidazole rings is 1. The Hall–Kier alpha value is -2.14. The standard InChI is InChI=1S/C16H19N3O2/c1-12-10-18(2)15(17-12)14-11-19(8-9-21-14)16(20)13-6-4-3-5-7-13/h3-7,10,14H,8-9,11H2,1-2H3/t14-/m1/s1. The summed E-state index contributed by atoms with van der Waals surface area (Å²) >= 11 is 0. The van der Waals surface area contributed by atoms with Crippen LogP contribution in [0.2, 0.25) is 0 Å². The zero-order chi connectivity index (χ0) is 14.8. The Morgan fingerprint density at radius 1 is 1.33 bits per heavy atom. The molecule has 0 saturated carbocycles. The lowest BCUT2D eigenvalue weighted by Crippen LogP contribution is -2.42. The van der Waals surface area contributed by atoms with Gasteiger partial charge in [0.1, 0.15) is 11.9 Å². The minimum absolute atomic E-state index is 0.0508. The van der Waals surface area contributed by atoms with Crippen molar-refractivity contribution in [2.24, 2.45) is 7.05 Å². The van der Waals surface area contributed by atoms with Gasteiger partial charge in [0.15, 0.2) is 0 Å². The molecule has 2 heterocycles. The predicted octanol–water partition coefficient (Wildman–Crippen LogP) is 1.94. The number of carbonyl (C=O) groups is 1. The lowest BCUT2D eigenvalue weighted by Gasteiger charge is -2.32. The summed E-state index contributed by atoms with van der Waals surface area (Å²) < 4.78 is 7.77. The number of aromatic nitrogens is 2. The molecule has 0 radical (unpaired) electrons. The van der Waals surface area contributed by atoms with E-state index in [2.05, 4.69) is 4.98 Å². The molecule has 1 aromatic heterocycles. The SMILES string of the molecule is Cc1cn(C)c([C@H]2CN(C(=O)c3ccccc3)CCO2)n1. The third kappa shape index (κ3) is 2.83. The summed E-state index contributed by atoms with van der Waals surface area (Å²) in [6.45, 7) is 3.65. The molecule has 5 heteroatoms. The van der Waals surface area contributed by atoms with Gasteiger partial charge in [0.25, 0.3) is 5.91 Å². The lowest BCUT2D eigenvalue weighted by atomic mass is 10.1. The molecular weight excluding hydrogens is 266 g/mol. The van der Waals surface area contributed by atoms with E-state index in [9.17, 15) is 4.79 Å². The van der Waals surface area contributed by atoms with E-state index < -0.39 is 0 Å². The van der Waals surface area contributed by atoms with Crippen LogP contribution < -0.4 is 0 Å². The van der Waals surface area contributed by atoms with E-state index in [1.165, 1.54) is 0 Å². The van der Waals surface area contributed by atoms with Crippen molar-refractivity contribution in [1.29, 1.82) is 0 Å². The van der Waals surface area contributed by atoms with E-state index in [1.54, 1.807) is 0 Å². The van der Waals surface area contributed by atoms with Crippen molar-refractivity contribution in [3.05, 3.63) is 53.6 Å². The fourth-order valence-electron chi connectivity index (χ4n) is 2.69. The summed E-state index contributed by atoms with van der Waals surface area (Å²) in [7, 11) is 1.96. The monoisotopic (exact) mass is 285 g/mol. The Kier molecular flexibility index (Phi) is 3.75. The summed E-state index contributed by atoms with van der Waals surface area (Å²) in [6.07, 6.45) is 1.81. The molecule has 2 aromatic rings. The Morgan fingerprint density at radius 3 is 2.76 bits per heavy atom. The molecule has 0 bridgehead atoms. The number of nitrogens with zero attached hydrogens (tertiary/aromatic N) is 3. The summed E-state index contributed by atoms with van der Waals surface area (Å²) in [5, 5.41) is 0. The third-order valence-electron chi connectivity index (χ3n) is 3.70. The highest BCUT2D eigenvalue weighted by Gasteiger charge is 2.28. The number of aryl methyl sites for hydroxylation is 2. The molecule has 5 nitrogen and oxygen atoms in total. The molecule has 1 atom stereocenters. The number of hydrogen-bond donors (Lipinski definition) is 0. The molecule has 0 unspecified atom stereocenters. The zero-order valence-electron chi connectivity index (χ0n) is 12.3. The predicted molar refractivity (Wildman–Crippen MR) is 79.0 cm³/mol. The van der Waals surface area contributed by atoms with Gasteiger partial charge in [-0.15, -0.1) is 0 Å². The van der Waals surface area contributed by atoms with Crippen molar-refractivity contribution in [2.75, 3.05) is 19.7 Å². The van der Waals surface area contributed by atoms with Crippen LogP contribution in [0.1, 0.15) is 28.0 Å². The normalized spacial score (nSPS) is 18.8. The molecule has 0 aliphatic carbocycles. The third-order valence-corrected chi connectivity index (χ3v) is 3.70. The van der Waals surface area contributed by atoms with Crippen molar-refractivity contribution in [1.82, 2.24) is 14.5 Å². The molecule has 21 heavy (non-hydrogen) atoms. The molecule has 1 aromatic carbocycles. The first-order chi connectivity index (χ1) is 10.1. The van der Waals surface area contributed by atoms with Crippen LogP contribution in [-0.2, 0) is 11.8 Å². The van der Waals surface area contributed by atoms with E-state index in [4.69, 9.17) is 4.74 Å². The smallest absolute Gasteiger partial charge is 0.254 e. The molecule has 1 amide bonds. The van der Waals surface area contributed by atoms with Crippen LogP contribution in [0.4, 0.5) is 0 Å². The van der Waals surface area contributed by atoms with Gasteiger partial charge in [0.2, 0.25) is 0 Å². The maximum atomic E-state index is 12.5. The molecule has 1 saturated heterocycles. The van der Waals surface area contributed by atoms with Gasteiger partial charge < -0.3 is 14.2 Å². The van der Waals surface area contributed by atoms with Crippen LogP contribution in [-0.4, -0.2) is 40.1 Å². The van der Waals surface area contributed by atoms with Crippen LogP contribution in [0.15, 0.2) is 36.5 Å². The van der Waals surface area contributed by atoms with Crippen molar-refractivity contribution >= 4 is 5.91 Å². The Bertz CT molecular complexity index is 636. The van der Waals surface area contributed by atoms with Gasteiger partial charge >= 0.3 is 0 Å². The van der Waals surface area contributed by atoms with Crippen LogP contribution >= 0.6 is 0 Å². The number of amides is 1. The minimum Gasteiger partial charge on any atom is -0.367 e. The molecule has 3 rings (SSSR count). The topological polar surface area (TPSA) is 47.4 Å². The molecule has 0 N–H and O–H groups in total. The second-order valence-electron chi connectivity index (χ2n) is 5.33. The average Bonchev–Trinajstić information content (AvgIpc) is 2.86. The van der Waals surface area contributed by atoms with Crippen molar-refractivity contribution in [3.8, 4) is 0 Å². The van der Waals surface area contributed by atoms with Crippen LogP contribution in [0.5, 0.6) is 0 Å². The fraction of sp³-hybridized carbons (Fsp3) is 0.375. The van der Waals surface area contributed by atoms with Gasteiger partial charge in [0, 0.05) is 25.4 Å². The Labute approximate surface area is 124 Å². The lowest BCUT2D eigenvalue weighted by molar-refractivity contribution is -0.0279. The van der Waals surface area contributed by atoms with Crippen molar-refractivity contribution < 1.29 is 9.53 Å². The summed E-state index contributed by atoms with van der Waals surface area (Å²) in [6, 6.07) is 9.37. The van der Waals surface area contributed by atoms with E-state index in [-0.39, 0.29) is 12.0 Å². The molecule has 1 aliphatic heterocycles. The first-order valence-corrected chi connectivity index (χ1v) is 7.11. The molecule has 110 valence electrons. The number of benzene rings is 1. The fourth-order valence-corrected chi connectivity index (χ4v) is 2.69. The second-order valence-corrected chi connectivity index (χ2v) is 5.33. The maximum Gasteiger partial charge on any atom is 0.254 e. The van der Waals surface area contributed by atoms with E-state index in [0.29, 0.717) is 25.3 Å². The van der Waals surface area contributed by atoms with Crippen LogP contribution in [0.3, 0.4) is 0 Å². The summed E-state index contributed by atoms with van der Waals surface area (Å²) in [5.41, 5.74) is 1.68. The molecular formula is C16H19N3O2. The largest absolute Gasteiger partial charge is 0.367 e. The van der Waals surface area contributed by atoms with E-state index in [1.807, 2.05) is 60.0 Å². The molecule has 1 fully saturated rings. The highest BCUT2D eigenvalue weighted by Crippen LogP contribution is 2.22. The number of ether oxygens (including phenoxy) is 1. The van der Waals surface area contributed by atoms with Crippen molar-refractivity contribution in [3.63, 3.8) is 0 Å². The molecule has 0 spiro atoms. The first-order valence-electron chi connectivity index (χ1n) is 7.11. The highest BCUT2D eigenvalue weighted by atomic mass is 16.5. The molecule has 1 aliphatic rings. The Morgan fingerprint density at radius 2 is 2.10 bits per heavy atom. The van der Waals surface area contributed by atoms with Crippen molar-refractivity contribution in [2.45, 2.75) is 13.0 Å². The minimum atomic E-state index is -0.162. The number of morpholine rings is 1. The quantitative estimate of drug-likeness (QED) is 0.847. The zero-order valence-corrected chi connectivity index (χ0v) is 12.3. The van der Waals surface area contributed by atoms with Gasteiger partial charge in [-0.05, 0) is 19.1 Å². The van der Waals surface area contributed by atoms with Gasteiger partial charge in [-0.3, -0.25) is 4.79 Å². The number of rotatable bonds is 2. The highest BCUT2D eigenvalue weighted by molar-refractivity contribution is 5.94. The summed E-state index contributed by atoms with van der Waals surface area (Å²) in [5.74, 6) is 0.924. The van der Waals surface area contributed by atoms with Gasteiger partial charge in [-0.2, -0.15) is 0 Å². The van der Waals surface area contributed by atoms with E-state index >= 15 is 0 Å².